The molecule has 0 radical (unpaired) electrons. The maximum atomic E-state index is 2.48. The van der Waals surface area contributed by atoms with Crippen LogP contribution in [0, 0.1) is 6.42 Å². The summed E-state index contributed by atoms with van der Waals surface area (Å²) in [7, 11) is 0. The van der Waals surface area contributed by atoms with Crippen LogP contribution in [0.3, 0.4) is 0 Å². The standard InChI is InChI=1S/C22H21.Zr/c1(7-17-13-15-19-9-3-5-11-21(17)19)2-8-18-14-16-20-10-4-6-12-22(18)20;/h1,3-6,9-18H,2,7-8H2;/q-1;. The predicted octanol–water partition coefficient (Wildman–Crippen LogP) is 5.98. The molecule has 114 valence electrons. The van der Waals surface area contributed by atoms with E-state index in [1.807, 2.05) is 0 Å². The van der Waals surface area contributed by atoms with E-state index in [1.165, 1.54) is 35.1 Å². The third kappa shape index (κ3) is 3.51. The minimum Gasteiger partial charge on any atom is -0.328 e. The van der Waals surface area contributed by atoms with Crippen LogP contribution in [0.15, 0.2) is 60.7 Å². The van der Waals surface area contributed by atoms with E-state index < -0.39 is 0 Å². The number of rotatable bonds is 5. The van der Waals surface area contributed by atoms with E-state index in [9.17, 15) is 0 Å². The van der Waals surface area contributed by atoms with Crippen molar-refractivity contribution >= 4 is 12.2 Å². The van der Waals surface area contributed by atoms with Gasteiger partial charge in [-0.1, -0.05) is 79.3 Å². The Balaban J connectivity index is 0.00000156. The van der Waals surface area contributed by atoms with Crippen molar-refractivity contribution in [1.29, 1.82) is 0 Å². The molecule has 2 unspecified atom stereocenters. The maximum Gasteiger partial charge on any atom is 0.000297 e. The number of allylic oxidation sites excluding steroid dienone is 2. The molecular weight excluding hydrogens is 355 g/mol. The summed E-state index contributed by atoms with van der Waals surface area (Å²) in [6.45, 7) is 0. The van der Waals surface area contributed by atoms with Gasteiger partial charge in [0, 0.05) is 32.1 Å². The van der Waals surface area contributed by atoms with Crippen molar-refractivity contribution in [2.75, 3.05) is 0 Å². The Labute approximate surface area is 158 Å². The first kappa shape index (κ1) is 16.7. The summed E-state index contributed by atoms with van der Waals surface area (Å²) < 4.78 is 0. The number of unbranched alkanes of at least 4 members (excludes halogenated alkanes) is 1. The van der Waals surface area contributed by atoms with Crippen molar-refractivity contribution in [2.45, 2.75) is 31.1 Å². The fourth-order valence-electron chi connectivity index (χ4n) is 3.70. The van der Waals surface area contributed by atoms with E-state index in [2.05, 4.69) is 79.3 Å². The molecule has 0 nitrogen and oxygen atoms in total. The van der Waals surface area contributed by atoms with Crippen molar-refractivity contribution < 1.29 is 26.2 Å². The number of hydrogen-bond acceptors (Lipinski definition) is 0. The van der Waals surface area contributed by atoms with Gasteiger partial charge in [0.25, 0.3) is 0 Å². The normalized spacial score (nSPS) is 20.2. The molecule has 0 heterocycles. The van der Waals surface area contributed by atoms with E-state index in [4.69, 9.17) is 0 Å². The zero-order valence-electron chi connectivity index (χ0n) is 13.3. The molecule has 0 spiro atoms. The topological polar surface area (TPSA) is 0 Å². The van der Waals surface area contributed by atoms with Gasteiger partial charge in [0.15, 0.2) is 0 Å². The molecule has 2 aliphatic carbocycles. The number of fused-ring (bicyclic) bond motifs is 2. The van der Waals surface area contributed by atoms with E-state index >= 15 is 0 Å². The molecule has 2 aromatic carbocycles. The molecule has 1 heteroatoms. The summed E-state index contributed by atoms with van der Waals surface area (Å²) in [6, 6.07) is 17.5. The van der Waals surface area contributed by atoms with Crippen LogP contribution in [-0.4, -0.2) is 0 Å². The summed E-state index contributed by atoms with van der Waals surface area (Å²) in [6.07, 6.45) is 15.3. The van der Waals surface area contributed by atoms with Gasteiger partial charge in [-0.2, -0.15) is 12.8 Å². The Morgan fingerprint density at radius 3 is 2.00 bits per heavy atom. The molecule has 0 aromatic heterocycles. The van der Waals surface area contributed by atoms with E-state index in [1.54, 1.807) is 0 Å². The monoisotopic (exact) mass is 375 g/mol. The summed E-state index contributed by atoms with van der Waals surface area (Å²) in [5.74, 6) is 1.20. The van der Waals surface area contributed by atoms with E-state index in [-0.39, 0.29) is 26.2 Å². The summed E-state index contributed by atoms with van der Waals surface area (Å²) in [5, 5.41) is 0. The third-order valence-corrected chi connectivity index (χ3v) is 4.91. The number of benzene rings is 2. The first-order valence-electron chi connectivity index (χ1n) is 8.28. The summed E-state index contributed by atoms with van der Waals surface area (Å²) in [5.41, 5.74) is 5.79. The van der Waals surface area contributed by atoms with Gasteiger partial charge < -0.3 is 6.42 Å². The SMILES string of the molecule is C1=CC(C[CH-]CCC2C=Cc3ccccc32)c2ccccc21.[Zr]. The average molecular weight is 377 g/mol. The van der Waals surface area contributed by atoms with Crippen LogP contribution in [0.1, 0.15) is 53.4 Å². The summed E-state index contributed by atoms with van der Waals surface area (Å²) >= 11 is 0. The van der Waals surface area contributed by atoms with Crippen molar-refractivity contribution in [3.8, 4) is 0 Å². The molecule has 0 saturated carbocycles. The van der Waals surface area contributed by atoms with E-state index in [0.29, 0.717) is 11.8 Å². The first-order valence-corrected chi connectivity index (χ1v) is 8.28. The maximum absolute atomic E-state index is 2.48. The van der Waals surface area contributed by atoms with Crippen LogP contribution in [0.4, 0.5) is 0 Å². The molecule has 0 bridgehead atoms. The predicted molar refractivity (Wildman–Crippen MR) is 94.6 cm³/mol. The van der Waals surface area contributed by atoms with Gasteiger partial charge in [0.1, 0.15) is 0 Å². The van der Waals surface area contributed by atoms with Crippen LogP contribution < -0.4 is 0 Å². The zero-order valence-corrected chi connectivity index (χ0v) is 15.7. The van der Waals surface area contributed by atoms with Crippen LogP contribution in [0.25, 0.3) is 12.2 Å². The van der Waals surface area contributed by atoms with Gasteiger partial charge in [0.05, 0.1) is 0 Å². The molecular formula is C22H21Zr-. The Kier molecular flexibility index (Phi) is 5.49. The molecule has 0 amide bonds. The van der Waals surface area contributed by atoms with Crippen molar-refractivity contribution in [2.24, 2.45) is 0 Å². The van der Waals surface area contributed by atoms with Crippen molar-refractivity contribution in [3.05, 3.63) is 89.4 Å². The van der Waals surface area contributed by atoms with Gasteiger partial charge >= 0.3 is 0 Å². The second kappa shape index (κ2) is 7.58. The van der Waals surface area contributed by atoms with Crippen LogP contribution in [0.2, 0.25) is 0 Å². The van der Waals surface area contributed by atoms with Crippen LogP contribution >= 0.6 is 0 Å². The molecule has 0 N–H and O–H groups in total. The Bertz CT molecular complexity index is 663. The number of hydrogen-bond donors (Lipinski definition) is 0. The molecule has 0 saturated heterocycles. The minimum absolute atomic E-state index is 0. The Morgan fingerprint density at radius 2 is 1.30 bits per heavy atom. The van der Waals surface area contributed by atoms with Crippen LogP contribution in [-0.2, 0) is 26.2 Å². The molecule has 4 rings (SSSR count). The third-order valence-electron chi connectivity index (χ3n) is 4.91. The van der Waals surface area contributed by atoms with Crippen molar-refractivity contribution in [1.82, 2.24) is 0 Å². The average Bonchev–Trinajstić information content (AvgIpc) is 3.16. The molecule has 2 aromatic rings. The van der Waals surface area contributed by atoms with Gasteiger partial charge in [0.2, 0.25) is 0 Å². The molecule has 0 aliphatic heterocycles. The zero-order chi connectivity index (χ0) is 14.8. The first-order chi connectivity index (χ1) is 10.9. The second-order valence-electron chi connectivity index (χ2n) is 6.29. The largest absolute Gasteiger partial charge is 0.328 e. The van der Waals surface area contributed by atoms with E-state index in [0.717, 1.165) is 6.42 Å². The molecule has 0 fully saturated rings. The second-order valence-corrected chi connectivity index (χ2v) is 6.29. The quantitative estimate of drug-likeness (QED) is 0.445. The van der Waals surface area contributed by atoms with Gasteiger partial charge in [-0.25, -0.2) is 0 Å². The van der Waals surface area contributed by atoms with Crippen molar-refractivity contribution in [3.63, 3.8) is 0 Å². The smallest absolute Gasteiger partial charge is 0.000297 e. The van der Waals surface area contributed by atoms with Crippen LogP contribution in [0.5, 0.6) is 0 Å². The molecule has 2 atom stereocenters. The molecule has 2 aliphatic rings. The van der Waals surface area contributed by atoms with Gasteiger partial charge in [-0.3, -0.25) is 0 Å². The molecule has 23 heavy (non-hydrogen) atoms. The van der Waals surface area contributed by atoms with Gasteiger partial charge in [-0.05, 0) is 28.2 Å². The Hall–Kier alpha value is -1.20. The Morgan fingerprint density at radius 1 is 0.739 bits per heavy atom. The fraction of sp³-hybridized carbons (Fsp3) is 0.227. The van der Waals surface area contributed by atoms with Gasteiger partial charge in [-0.15, -0.1) is 0 Å². The fourth-order valence-corrected chi connectivity index (χ4v) is 3.70. The minimum atomic E-state index is 0. The summed E-state index contributed by atoms with van der Waals surface area (Å²) in [4.78, 5) is 0.